The zero-order valence-electron chi connectivity index (χ0n) is 12.2. The molecule has 1 fully saturated rings. The van der Waals surface area contributed by atoms with Crippen LogP contribution >= 0.6 is 11.6 Å². The van der Waals surface area contributed by atoms with Crippen LogP contribution in [-0.2, 0) is 14.4 Å². The molecule has 0 aromatic heterocycles. The van der Waals surface area contributed by atoms with Crippen molar-refractivity contribution in [3.8, 4) is 0 Å². The molecule has 0 saturated carbocycles. The van der Waals surface area contributed by atoms with Crippen LogP contribution in [-0.4, -0.2) is 30.8 Å². The summed E-state index contributed by atoms with van der Waals surface area (Å²) < 4.78 is 0. The molecule has 1 heterocycles. The fourth-order valence-electron chi connectivity index (χ4n) is 2.30. The molecular formula is C15H18ClN3O3. The number of halogens is 1. The normalized spacial score (nSPS) is 15.2. The molecule has 0 aliphatic carbocycles. The molecule has 1 aliphatic heterocycles. The first-order valence-electron chi connectivity index (χ1n) is 7.10. The number of carbonyl (C=O) groups excluding carboxylic acids is 3. The summed E-state index contributed by atoms with van der Waals surface area (Å²) in [5, 5.41) is 8.30. The van der Waals surface area contributed by atoms with Crippen molar-refractivity contribution in [1.82, 2.24) is 10.6 Å². The van der Waals surface area contributed by atoms with Crippen LogP contribution in [0.25, 0.3) is 0 Å². The third kappa shape index (κ3) is 4.29. The monoisotopic (exact) mass is 323 g/mol. The maximum Gasteiger partial charge on any atom is 0.316 e. The highest BCUT2D eigenvalue weighted by Gasteiger charge is 2.25. The second-order valence-corrected chi connectivity index (χ2v) is 5.69. The van der Waals surface area contributed by atoms with Gasteiger partial charge in [-0.25, -0.2) is 0 Å². The predicted octanol–water partition coefficient (Wildman–Crippen LogP) is 1.23. The summed E-state index contributed by atoms with van der Waals surface area (Å²) in [7, 11) is 0. The van der Waals surface area contributed by atoms with Crippen LogP contribution in [0.3, 0.4) is 0 Å². The minimum atomic E-state index is -0.946. The lowest BCUT2D eigenvalue weighted by molar-refractivity contribution is -0.141. The minimum absolute atomic E-state index is 0.227. The van der Waals surface area contributed by atoms with Gasteiger partial charge in [-0.2, -0.15) is 0 Å². The van der Waals surface area contributed by atoms with Crippen molar-refractivity contribution in [3.63, 3.8) is 0 Å². The summed E-state index contributed by atoms with van der Waals surface area (Å²) in [6.45, 7) is 3.24. The van der Waals surface area contributed by atoms with Crippen LogP contribution < -0.4 is 16.0 Å². The molecule has 7 heteroatoms. The molecule has 0 atom stereocenters. The van der Waals surface area contributed by atoms with Crippen molar-refractivity contribution < 1.29 is 14.4 Å². The number of nitrogens with one attached hydrogen (secondary N) is 3. The van der Waals surface area contributed by atoms with Gasteiger partial charge in [0.05, 0.1) is 0 Å². The molecule has 1 saturated heterocycles. The number of rotatable bonds is 2. The Morgan fingerprint density at radius 1 is 1.18 bits per heavy atom. The Hall–Kier alpha value is -1.92. The number of imide groups is 1. The fourth-order valence-corrected chi connectivity index (χ4v) is 2.53. The number of hydrogen-bond acceptors (Lipinski definition) is 4. The number of aryl methyl sites for hydroxylation is 1. The van der Waals surface area contributed by atoms with Crippen LogP contribution in [0.2, 0.25) is 5.02 Å². The van der Waals surface area contributed by atoms with E-state index in [2.05, 4.69) is 16.0 Å². The van der Waals surface area contributed by atoms with E-state index >= 15 is 0 Å². The Morgan fingerprint density at radius 2 is 1.86 bits per heavy atom. The highest BCUT2D eigenvalue weighted by atomic mass is 35.5. The van der Waals surface area contributed by atoms with Gasteiger partial charge in [-0.1, -0.05) is 11.6 Å². The van der Waals surface area contributed by atoms with Crippen molar-refractivity contribution >= 4 is 35.0 Å². The first-order chi connectivity index (χ1) is 10.5. The minimum Gasteiger partial charge on any atom is -0.318 e. The Morgan fingerprint density at radius 3 is 2.50 bits per heavy atom. The maximum atomic E-state index is 11.9. The molecule has 2 rings (SSSR count). The van der Waals surface area contributed by atoms with Crippen LogP contribution in [0.15, 0.2) is 18.2 Å². The van der Waals surface area contributed by atoms with Gasteiger partial charge in [-0.15, -0.1) is 0 Å². The molecular weight excluding hydrogens is 306 g/mol. The van der Waals surface area contributed by atoms with Gasteiger partial charge in [0.2, 0.25) is 5.91 Å². The van der Waals surface area contributed by atoms with Crippen molar-refractivity contribution in [1.29, 1.82) is 0 Å². The van der Waals surface area contributed by atoms with Crippen molar-refractivity contribution in [2.45, 2.75) is 19.8 Å². The van der Waals surface area contributed by atoms with E-state index in [1.54, 1.807) is 25.1 Å². The highest BCUT2D eigenvalue weighted by Crippen LogP contribution is 2.19. The quantitative estimate of drug-likeness (QED) is 0.714. The van der Waals surface area contributed by atoms with Crippen LogP contribution in [0, 0.1) is 12.8 Å². The molecule has 0 bridgehead atoms. The lowest BCUT2D eigenvalue weighted by atomic mass is 9.97. The third-order valence-electron chi connectivity index (χ3n) is 3.59. The highest BCUT2D eigenvalue weighted by molar-refractivity contribution is 6.42. The first kappa shape index (κ1) is 16.5. The number of benzene rings is 1. The largest absolute Gasteiger partial charge is 0.318 e. The summed E-state index contributed by atoms with van der Waals surface area (Å²) in [6, 6.07) is 4.90. The van der Waals surface area contributed by atoms with E-state index in [1.165, 1.54) is 0 Å². The average Bonchev–Trinajstić information content (AvgIpc) is 2.50. The van der Waals surface area contributed by atoms with E-state index in [9.17, 15) is 14.4 Å². The predicted molar refractivity (Wildman–Crippen MR) is 83.6 cm³/mol. The van der Waals surface area contributed by atoms with Crippen molar-refractivity contribution in [2.24, 2.45) is 5.92 Å². The van der Waals surface area contributed by atoms with Gasteiger partial charge in [0.25, 0.3) is 0 Å². The van der Waals surface area contributed by atoms with Crippen LogP contribution in [0.4, 0.5) is 5.69 Å². The van der Waals surface area contributed by atoms with E-state index in [1.807, 2.05) is 0 Å². The van der Waals surface area contributed by atoms with Gasteiger partial charge in [0, 0.05) is 16.6 Å². The Labute approximate surface area is 133 Å². The average molecular weight is 324 g/mol. The zero-order valence-corrected chi connectivity index (χ0v) is 13.0. The summed E-state index contributed by atoms with van der Waals surface area (Å²) in [4.78, 5) is 35.6. The first-order valence-corrected chi connectivity index (χ1v) is 7.48. The molecule has 1 aliphatic rings. The molecule has 0 spiro atoms. The molecule has 0 radical (unpaired) electrons. The topological polar surface area (TPSA) is 87.3 Å². The summed E-state index contributed by atoms with van der Waals surface area (Å²) >= 11 is 5.83. The smallest absolute Gasteiger partial charge is 0.316 e. The molecule has 118 valence electrons. The second kappa shape index (κ2) is 7.38. The van der Waals surface area contributed by atoms with E-state index in [0.29, 0.717) is 23.6 Å². The van der Waals surface area contributed by atoms with Crippen molar-refractivity contribution in [2.75, 3.05) is 18.4 Å². The third-order valence-corrected chi connectivity index (χ3v) is 3.82. The lowest BCUT2D eigenvalue weighted by Crippen LogP contribution is -2.44. The lowest BCUT2D eigenvalue weighted by Gasteiger charge is -2.21. The molecule has 1 aromatic rings. The Balaban J connectivity index is 1.91. The van der Waals surface area contributed by atoms with Gasteiger partial charge in [0.15, 0.2) is 0 Å². The Kier molecular flexibility index (Phi) is 5.51. The van der Waals surface area contributed by atoms with E-state index in [0.717, 1.165) is 18.7 Å². The van der Waals surface area contributed by atoms with E-state index in [4.69, 9.17) is 11.6 Å². The Bertz CT molecular complexity index is 598. The van der Waals surface area contributed by atoms with E-state index in [-0.39, 0.29) is 5.92 Å². The molecule has 6 nitrogen and oxygen atoms in total. The zero-order chi connectivity index (χ0) is 16.1. The number of piperidine rings is 1. The molecule has 3 amide bonds. The summed E-state index contributed by atoms with van der Waals surface area (Å²) in [5.41, 5.74) is 1.22. The van der Waals surface area contributed by atoms with Gasteiger partial charge in [0.1, 0.15) is 0 Å². The van der Waals surface area contributed by atoms with Crippen molar-refractivity contribution in [3.05, 3.63) is 28.8 Å². The van der Waals surface area contributed by atoms with Gasteiger partial charge < -0.3 is 10.6 Å². The standard InChI is InChI=1S/C15H18ClN3O3/c1-9-8-11(16)2-3-12(9)18-14(21)15(22)19-13(20)10-4-6-17-7-5-10/h2-3,8,10,17H,4-7H2,1H3,(H,18,21)(H,19,20,22). The molecule has 1 aromatic carbocycles. The molecule has 0 unspecified atom stereocenters. The SMILES string of the molecule is Cc1cc(Cl)ccc1NC(=O)C(=O)NC(=O)C1CCNCC1. The number of amides is 3. The fraction of sp³-hybridized carbons (Fsp3) is 0.400. The van der Waals surface area contributed by atoms with Crippen LogP contribution in [0.5, 0.6) is 0 Å². The summed E-state index contributed by atoms with van der Waals surface area (Å²) in [5.74, 6) is -2.43. The van der Waals surface area contributed by atoms with Gasteiger partial charge in [-0.3, -0.25) is 19.7 Å². The second-order valence-electron chi connectivity index (χ2n) is 5.26. The van der Waals surface area contributed by atoms with Crippen LogP contribution in [0.1, 0.15) is 18.4 Å². The number of carbonyl (C=O) groups is 3. The summed E-state index contributed by atoms with van der Waals surface area (Å²) in [6.07, 6.45) is 1.33. The number of hydrogen-bond donors (Lipinski definition) is 3. The van der Waals surface area contributed by atoms with Gasteiger partial charge >= 0.3 is 11.8 Å². The molecule has 3 N–H and O–H groups in total. The molecule has 22 heavy (non-hydrogen) atoms. The van der Waals surface area contributed by atoms with Gasteiger partial charge in [-0.05, 0) is 56.6 Å². The van der Waals surface area contributed by atoms with E-state index < -0.39 is 17.7 Å². The number of anilines is 1. The maximum absolute atomic E-state index is 11.9.